The molecule has 2 rings (SSSR count). The Morgan fingerprint density at radius 1 is 1.26 bits per heavy atom. The van der Waals surface area contributed by atoms with E-state index in [1.807, 2.05) is 44.4 Å². The summed E-state index contributed by atoms with van der Waals surface area (Å²) in [4.78, 5) is 13.5. The molecule has 0 unspecified atom stereocenters. The molecule has 0 fully saturated rings. The minimum absolute atomic E-state index is 0.0827. The van der Waals surface area contributed by atoms with Crippen molar-refractivity contribution in [3.63, 3.8) is 0 Å². The fourth-order valence-corrected chi connectivity index (χ4v) is 1.66. The van der Waals surface area contributed by atoms with Crippen molar-refractivity contribution < 1.29 is 4.79 Å². The lowest BCUT2D eigenvalue weighted by Crippen LogP contribution is -2.11. The number of carbonyl (C=O) groups excluding carboxylic acids is 1. The van der Waals surface area contributed by atoms with Gasteiger partial charge in [-0.3, -0.25) is 4.79 Å². The van der Waals surface area contributed by atoms with E-state index in [0.717, 1.165) is 5.69 Å². The molecule has 0 amide bonds. The zero-order chi connectivity index (χ0) is 13.8. The number of Topliss-reactive ketones (excluding diaryl/α,β-unsaturated/α-hetero) is 1. The molecule has 1 aromatic carbocycles. The predicted molar refractivity (Wildman–Crippen MR) is 71.5 cm³/mol. The normalized spacial score (nSPS) is 11.4. The van der Waals surface area contributed by atoms with Crippen LogP contribution in [0.5, 0.6) is 0 Å². The first-order valence-corrected chi connectivity index (χ1v) is 5.83. The van der Waals surface area contributed by atoms with Crippen LogP contribution in [0.25, 0.3) is 11.3 Å². The standard InChI is InChI=1S/C13H15N5O/c1-10(19)12(9-17(2)3)13-14-15-16-18(13)11-7-5-4-6-8-11/h4-9H,1-3H3. The number of rotatable bonds is 4. The third kappa shape index (κ3) is 2.85. The van der Waals surface area contributed by atoms with E-state index in [4.69, 9.17) is 0 Å². The van der Waals surface area contributed by atoms with Crippen molar-refractivity contribution in [1.29, 1.82) is 0 Å². The van der Waals surface area contributed by atoms with Gasteiger partial charge in [0.1, 0.15) is 0 Å². The van der Waals surface area contributed by atoms with Crippen LogP contribution in [0.15, 0.2) is 36.5 Å². The molecule has 0 bridgehead atoms. The van der Waals surface area contributed by atoms with Gasteiger partial charge in [0.05, 0.1) is 11.3 Å². The highest BCUT2D eigenvalue weighted by Gasteiger charge is 2.17. The van der Waals surface area contributed by atoms with E-state index in [2.05, 4.69) is 15.5 Å². The van der Waals surface area contributed by atoms with Crippen molar-refractivity contribution in [2.24, 2.45) is 0 Å². The summed E-state index contributed by atoms with van der Waals surface area (Å²) in [6, 6.07) is 9.46. The molecule has 0 aliphatic carbocycles. The Balaban J connectivity index is 2.52. The lowest BCUT2D eigenvalue weighted by atomic mass is 10.2. The second-order valence-electron chi connectivity index (χ2n) is 4.31. The van der Waals surface area contributed by atoms with Crippen LogP contribution in [-0.2, 0) is 4.79 Å². The van der Waals surface area contributed by atoms with E-state index < -0.39 is 0 Å². The second kappa shape index (κ2) is 5.43. The monoisotopic (exact) mass is 257 g/mol. The average molecular weight is 257 g/mol. The van der Waals surface area contributed by atoms with E-state index in [0.29, 0.717) is 11.4 Å². The van der Waals surface area contributed by atoms with Crippen molar-refractivity contribution >= 4 is 11.4 Å². The molecule has 0 spiro atoms. The number of aromatic nitrogens is 4. The van der Waals surface area contributed by atoms with Crippen LogP contribution in [0.4, 0.5) is 0 Å². The Labute approximate surface area is 111 Å². The minimum Gasteiger partial charge on any atom is -0.383 e. The number of allylic oxidation sites excluding steroid dienone is 1. The first kappa shape index (κ1) is 12.9. The molecule has 6 nitrogen and oxygen atoms in total. The SMILES string of the molecule is CC(=O)C(=CN(C)C)c1nnnn1-c1ccccc1. The maximum absolute atomic E-state index is 11.8. The number of carbonyl (C=O) groups is 1. The maximum Gasteiger partial charge on any atom is 0.192 e. The highest BCUT2D eigenvalue weighted by atomic mass is 16.1. The first-order valence-electron chi connectivity index (χ1n) is 5.83. The van der Waals surface area contributed by atoms with Gasteiger partial charge in [0.2, 0.25) is 0 Å². The number of para-hydroxylation sites is 1. The van der Waals surface area contributed by atoms with Crippen LogP contribution < -0.4 is 0 Å². The van der Waals surface area contributed by atoms with E-state index in [-0.39, 0.29) is 5.78 Å². The molecule has 0 aliphatic heterocycles. The summed E-state index contributed by atoms with van der Waals surface area (Å²) in [6.45, 7) is 1.50. The van der Waals surface area contributed by atoms with Gasteiger partial charge in [-0.2, -0.15) is 4.68 Å². The Kier molecular flexibility index (Phi) is 3.70. The quantitative estimate of drug-likeness (QED) is 0.769. The topological polar surface area (TPSA) is 63.9 Å². The number of ketones is 1. The van der Waals surface area contributed by atoms with E-state index in [1.54, 1.807) is 15.8 Å². The molecule has 6 heteroatoms. The minimum atomic E-state index is -0.0827. The largest absolute Gasteiger partial charge is 0.383 e. The molecule has 1 heterocycles. The number of tetrazole rings is 1. The lowest BCUT2D eigenvalue weighted by molar-refractivity contribution is -0.111. The molecule has 98 valence electrons. The van der Waals surface area contributed by atoms with Crippen LogP contribution in [-0.4, -0.2) is 45.0 Å². The van der Waals surface area contributed by atoms with Gasteiger partial charge in [0.25, 0.3) is 0 Å². The maximum atomic E-state index is 11.8. The van der Waals surface area contributed by atoms with Gasteiger partial charge >= 0.3 is 0 Å². The van der Waals surface area contributed by atoms with Crippen molar-refractivity contribution in [3.8, 4) is 5.69 Å². The van der Waals surface area contributed by atoms with Crippen LogP contribution in [0, 0.1) is 0 Å². The Bertz CT molecular complexity index is 601. The second-order valence-corrected chi connectivity index (χ2v) is 4.31. The van der Waals surface area contributed by atoms with E-state index in [1.165, 1.54) is 6.92 Å². The fourth-order valence-electron chi connectivity index (χ4n) is 1.66. The number of hydrogen-bond donors (Lipinski definition) is 0. The van der Waals surface area contributed by atoms with Gasteiger partial charge in [-0.1, -0.05) is 18.2 Å². The smallest absolute Gasteiger partial charge is 0.192 e. The summed E-state index contributed by atoms with van der Waals surface area (Å²) in [5.41, 5.74) is 1.28. The van der Waals surface area contributed by atoms with Gasteiger partial charge in [-0.05, 0) is 29.5 Å². The molecule has 0 saturated heterocycles. The molecule has 0 radical (unpaired) electrons. The zero-order valence-electron chi connectivity index (χ0n) is 11.1. The molecule has 0 saturated carbocycles. The third-order valence-corrected chi connectivity index (χ3v) is 2.48. The van der Waals surface area contributed by atoms with Crippen LogP contribution in [0.2, 0.25) is 0 Å². The Morgan fingerprint density at radius 2 is 1.95 bits per heavy atom. The molecule has 19 heavy (non-hydrogen) atoms. The molecule has 2 aromatic rings. The van der Waals surface area contributed by atoms with Crippen molar-refractivity contribution in [1.82, 2.24) is 25.1 Å². The Hall–Kier alpha value is -2.50. The number of hydrogen-bond acceptors (Lipinski definition) is 5. The summed E-state index contributed by atoms with van der Waals surface area (Å²) in [7, 11) is 3.69. The third-order valence-electron chi connectivity index (χ3n) is 2.48. The van der Waals surface area contributed by atoms with Crippen molar-refractivity contribution in [2.45, 2.75) is 6.92 Å². The summed E-state index contributed by atoms with van der Waals surface area (Å²) in [6.07, 6.45) is 1.72. The van der Waals surface area contributed by atoms with Crippen molar-refractivity contribution in [2.75, 3.05) is 14.1 Å². The van der Waals surface area contributed by atoms with Crippen molar-refractivity contribution in [3.05, 3.63) is 42.4 Å². The first-order chi connectivity index (χ1) is 9.09. The van der Waals surface area contributed by atoms with Crippen LogP contribution in [0.1, 0.15) is 12.7 Å². The molecule has 0 atom stereocenters. The van der Waals surface area contributed by atoms with E-state index >= 15 is 0 Å². The predicted octanol–water partition coefficient (Wildman–Crippen LogP) is 1.15. The van der Waals surface area contributed by atoms with Gasteiger partial charge in [0, 0.05) is 20.3 Å². The summed E-state index contributed by atoms with van der Waals surface area (Å²) >= 11 is 0. The Morgan fingerprint density at radius 3 is 2.53 bits per heavy atom. The van der Waals surface area contributed by atoms with Gasteiger partial charge in [0.15, 0.2) is 11.6 Å². The summed E-state index contributed by atoms with van der Waals surface area (Å²) < 4.78 is 1.55. The fraction of sp³-hybridized carbons (Fsp3) is 0.231. The summed E-state index contributed by atoms with van der Waals surface area (Å²) in [5, 5.41) is 11.6. The average Bonchev–Trinajstić information content (AvgIpc) is 2.85. The van der Waals surface area contributed by atoms with Crippen LogP contribution in [0.3, 0.4) is 0 Å². The highest BCUT2D eigenvalue weighted by molar-refractivity contribution is 6.18. The molecular weight excluding hydrogens is 242 g/mol. The summed E-state index contributed by atoms with van der Waals surface area (Å²) in [5.74, 6) is 0.355. The molecular formula is C13H15N5O. The highest BCUT2D eigenvalue weighted by Crippen LogP contribution is 2.16. The van der Waals surface area contributed by atoms with Crippen LogP contribution >= 0.6 is 0 Å². The zero-order valence-corrected chi connectivity index (χ0v) is 11.1. The lowest BCUT2D eigenvalue weighted by Gasteiger charge is -2.09. The number of benzene rings is 1. The van der Waals surface area contributed by atoms with Gasteiger partial charge < -0.3 is 4.90 Å². The van der Waals surface area contributed by atoms with Gasteiger partial charge in [-0.25, -0.2) is 0 Å². The van der Waals surface area contributed by atoms with E-state index in [9.17, 15) is 4.79 Å². The molecule has 1 aromatic heterocycles. The molecule has 0 aliphatic rings. The molecule has 0 N–H and O–H groups in total. The number of nitrogens with zero attached hydrogens (tertiary/aromatic N) is 5. The van der Waals surface area contributed by atoms with Gasteiger partial charge in [-0.15, -0.1) is 5.10 Å².